The van der Waals surface area contributed by atoms with Gasteiger partial charge in [0, 0.05) is 31.5 Å². The molecule has 0 aliphatic carbocycles. The molecule has 2 rings (SSSR count). The lowest BCUT2D eigenvalue weighted by Crippen LogP contribution is -2.11. The standard InChI is InChI=1S/C11H17N7/c1-3-9-8(7-18(2)17-9)6-14-10-4-5-13-11(15-10)16-12/h4-5,7H,3,6,12H2,1-2H3,(H2,13,14,15,16). The Balaban J connectivity index is 2.06. The molecular weight excluding hydrogens is 230 g/mol. The van der Waals surface area contributed by atoms with E-state index in [1.807, 2.05) is 17.9 Å². The Morgan fingerprint density at radius 1 is 1.44 bits per heavy atom. The van der Waals surface area contributed by atoms with Gasteiger partial charge in [-0.2, -0.15) is 10.1 Å². The van der Waals surface area contributed by atoms with Crippen LogP contribution < -0.4 is 16.6 Å². The number of nitrogens with two attached hydrogens (primary N) is 1. The summed E-state index contributed by atoms with van der Waals surface area (Å²) in [4.78, 5) is 8.13. The van der Waals surface area contributed by atoms with Crippen molar-refractivity contribution in [2.45, 2.75) is 19.9 Å². The van der Waals surface area contributed by atoms with Crippen molar-refractivity contribution in [3.8, 4) is 0 Å². The molecule has 2 heterocycles. The van der Waals surface area contributed by atoms with Gasteiger partial charge in [0.25, 0.3) is 0 Å². The molecule has 96 valence electrons. The van der Waals surface area contributed by atoms with Gasteiger partial charge >= 0.3 is 0 Å². The van der Waals surface area contributed by atoms with Crippen LogP contribution in [0.5, 0.6) is 0 Å². The maximum atomic E-state index is 5.26. The van der Waals surface area contributed by atoms with Crippen LogP contribution in [0.2, 0.25) is 0 Å². The number of aromatic nitrogens is 4. The number of hydrogen-bond acceptors (Lipinski definition) is 6. The lowest BCUT2D eigenvalue weighted by atomic mass is 10.2. The number of nitrogens with zero attached hydrogens (tertiary/aromatic N) is 4. The molecule has 0 radical (unpaired) electrons. The summed E-state index contributed by atoms with van der Waals surface area (Å²) < 4.78 is 1.82. The van der Waals surface area contributed by atoms with Crippen molar-refractivity contribution in [2.75, 3.05) is 10.7 Å². The average molecular weight is 247 g/mol. The molecule has 0 amide bonds. The Labute approximate surface area is 105 Å². The van der Waals surface area contributed by atoms with Crippen LogP contribution in [-0.4, -0.2) is 19.7 Å². The zero-order valence-corrected chi connectivity index (χ0v) is 10.5. The van der Waals surface area contributed by atoms with E-state index in [1.54, 1.807) is 12.3 Å². The first-order chi connectivity index (χ1) is 8.72. The zero-order valence-electron chi connectivity index (χ0n) is 10.5. The fraction of sp³-hybridized carbons (Fsp3) is 0.364. The van der Waals surface area contributed by atoms with Crippen molar-refractivity contribution in [3.05, 3.63) is 29.7 Å². The van der Waals surface area contributed by atoms with Gasteiger partial charge in [0.15, 0.2) is 0 Å². The van der Waals surface area contributed by atoms with E-state index in [0.717, 1.165) is 17.9 Å². The van der Waals surface area contributed by atoms with Crippen molar-refractivity contribution in [3.63, 3.8) is 0 Å². The van der Waals surface area contributed by atoms with Gasteiger partial charge in [-0.05, 0) is 12.5 Å². The third kappa shape index (κ3) is 2.75. The summed E-state index contributed by atoms with van der Waals surface area (Å²) in [5, 5.41) is 7.61. The number of rotatable bonds is 5. The van der Waals surface area contributed by atoms with E-state index < -0.39 is 0 Å². The summed E-state index contributed by atoms with van der Waals surface area (Å²) in [7, 11) is 1.92. The van der Waals surface area contributed by atoms with Gasteiger partial charge in [0.05, 0.1) is 5.69 Å². The van der Waals surface area contributed by atoms with E-state index in [2.05, 4.69) is 32.7 Å². The predicted molar refractivity (Wildman–Crippen MR) is 69.8 cm³/mol. The molecular formula is C11H17N7. The van der Waals surface area contributed by atoms with Crippen molar-refractivity contribution in [1.29, 1.82) is 0 Å². The summed E-state index contributed by atoms with van der Waals surface area (Å²) in [6, 6.07) is 1.79. The van der Waals surface area contributed by atoms with Gasteiger partial charge < -0.3 is 5.32 Å². The number of nitrogen functional groups attached to an aromatic ring is 1. The molecule has 0 saturated heterocycles. The van der Waals surface area contributed by atoms with Crippen LogP contribution in [0, 0.1) is 0 Å². The quantitative estimate of drug-likeness (QED) is 0.531. The molecule has 0 fully saturated rings. The molecule has 2 aromatic rings. The number of aryl methyl sites for hydroxylation is 2. The van der Waals surface area contributed by atoms with Gasteiger partial charge in [-0.3, -0.25) is 10.1 Å². The Kier molecular flexibility index (Phi) is 3.73. The summed E-state index contributed by atoms with van der Waals surface area (Å²) in [6.45, 7) is 2.77. The van der Waals surface area contributed by atoms with Crippen LogP contribution in [0.1, 0.15) is 18.2 Å². The summed E-state index contributed by atoms with van der Waals surface area (Å²) in [6.07, 6.45) is 4.57. The maximum Gasteiger partial charge on any atom is 0.239 e. The molecule has 4 N–H and O–H groups in total. The smallest absolute Gasteiger partial charge is 0.239 e. The Bertz CT molecular complexity index is 520. The Morgan fingerprint density at radius 2 is 2.28 bits per heavy atom. The highest BCUT2D eigenvalue weighted by molar-refractivity contribution is 5.39. The molecule has 0 aliphatic rings. The molecule has 2 aromatic heterocycles. The number of nitrogens with one attached hydrogen (secondary N) is 2. The van der Waals surface area contributed by atoms with Crippen molar-refractivity contribution < 1.29 is 0 Å². The van der Waals surface area contributed by atoms with Gasteiger partial charge in [0.1, 0.15) is 5.82 Å². The first-order valence-electron chi connectivity index (χ1n) is 5.78. The molecule has 18 heavy (non-hydrogen) atoms. The van der Waals surface area contributed by atoms with Gasteiger partial charge in [-0.1, -0.05) is 6.92 Å². The van der Waals surface area contributed by atoms with E-state index in [0.29, 0.717) is 12.5 Å². The van der Waals surface area contributed by atoms with E-state index in [1.165, 1.54) is 5.56 Å². The number of hydrazine groups is 1. The van der Waals surface area contributed by atoms with Gasteiger partial charge in [-0.25, -0.2) is 10.8 Å². The second-order valence-electron chi connectivity index (χ2n) is 3.89. The minimum atomic E-state index is 0.391. The largest absolute Gasteiger partial charge is 0.366 e. The molecule has 0 bridgehead atoms. The topological polar surface area (TPSA) is 93.7 Å². The summed E-state index contributed by atoms with van der Waals surface area (Å²) in [5.74, 6) is 6.38. The highest BCUT2D eigenvalue weighted by atomic mass is 15.3. The van der Waals surface area contributed by atoms with E-state index in [9.17, 15) is 0 Å². The van der Waals surface area contributed by atoms with Crippen LogP contribution in [0.3, 0.4) is 0 Å². The summed E-state index contributed by atoms with van der Waals surface area (Å²) >= 11 is 0. The fourth-order valence-electron chi connectivity index (χ4n) is 1.74. The number of hydrogen-bond donors (Lipinski definition) is 3. The maximum absolute atomic E-state index is 5.26. The highest BCUT2D eigenvalue weighted by Gasteiger charge is 2.06. The zero-order chi connectivity index (χ0) is 13.0. The minimum Gasteiger partial charge on any atom is -0.366 e. The first kappa shape index (κ1) is 12.3. The predicted octanol–water partition coefficient (Wildman–Crippen LogP) is 0.670. The number of anilines is 2. The van der Waals surface area contributed by atoms with Crippen molar-refractivity contribution >= 4 is 11.8 Å². The normalized spacial score (nSPS) is 10.4. The molecule has 0 saturated carbocycles. The third-order valence-electron chi connectivity index (χ3n) is 2.57. The van der Waals surface area contributed by atoms with Crippen LogP contribution in [0.15, 0.2) is 18.5 Å². The van der Waals surface area contributed by atoms with Crippen molar-refractivity contribution in [2.24, 2.45) is 12.9 Å². The monoisotopic (exact) mass is 247 g/mol. The summed E-state index contributed by atoms with van der Waals surface area (Å²) in [5.41, 5.74) is 4.67. The highest BCUT2D eigenvalue weighted by Crippen LogP contribution is 2.11. The van der Waals surface area contributed by atoms with E-state index >= 15 is 0 Å². The first-order valence-corrected chi connectivity index (χ1v) is 5.78. The van der Waals surface area contributed by atoms with Crippen molar-refractivity contribution in [1.82, 2.24) is 19.7 Å². The average Bonchev–Trinajstić information content (AvgIpc) is 2.77. The van der Waals surface area contributed by atoms with Gasteiger partial charge in [-0.15, -0.1) is 0 Å². The van der Waals surface area contributed by atoms with E-state index in [4.69, 9.17) is 5.84 Å². The van der Waals surface area contributed by atoms with Crippen LogP contribution in [0.4, 0.5) is 11.8 Å². The van der Waals surface area contributed by atoms with Crippen LogP contribution >= 0.6 is 0 Å². The molecule has 0 aliphatic heterocycles. The second kappa shape index (κ2) is 5.46. The third-order valence-corrected chi connectivity index (χ3v) is 2.57. The minimum absolute atomic E-state index is 0.391. The molecule has 0 atom stereocenters. The lowest BCUT2D eigenvalue weighted by Gasteiger charge is -2.06. The van der Waals surface area contributed by atoms with Crippen LogP contribution in [-0.2, 0) is 20.0 Å². The van der Waals surface area contributed by atoms with Crippen LogP contribution in [0.25, 0.3) is 0 Å². The SMILES string of the molecule is CCc1nn(C)cc1CNc1ccnc(NN)n1. The molecule has 7 heteroatoms. The van der Waals surface area contributed by atoms with Gasteiger partial charge in [0.2, 0.25) is 5.95 Å². The lowest BCUT2D eigenvalue weighted by molar-refractivity contribution is 0.746. The molecule has 0 spiro atoms. The molecule has 0 unspecified atom stereocenters. The Hall–Kier alpha value is -2.15. The Morgan fingerprint density at radius 3 is 3.00 bits per heavy atom. The second-order valence-corrected chi connectivity index (χ2v) is 3.89. The fourth-order valence-corrected chi connectivity index (χ4v) is 1.74. The van der Waals surface area contributed by atoms with E-state index in [-0.39, 0.29) is 0 Å². The molecule has 0 aromatic carbocycles. The molecule has 7 nitrogen and oxygen atoms in total.